The van der Waals surface area contributed by atoms with E-state index >= 15 is 0 Å². The molecule has 0 aromatic heterocycles. The minimum Gasteiger partial charge on any atom is -0.496 e. The summed E-state index contributed by atoms with van der Waals surface area (Å²) in [5, 5.41) is 19.6. The number of hydrogen-bond acceptors (Lipinski definition) is 4. The molecular weight excluding hydrogens is 270 g/mol. The summed E-state index contributed by atoms with van der Waals surface area (Å²) in [6, 6.07) is 5.71. The van der Waals surface area contributed by atoms with Crippen LogP contribution in [-0.4, -0.2) is 47.8 Å². The molecule has 1 heterocycles. The number of aliphatic carboxylic acids is 1. The van der Waals surface area contributed by atoms with Crippen LogP contribution in [0.5, 0.6) is 5.75 Å². The van der Waals surface area contributed by atoms with Crippen molar-refractivity contribution >= 4 is 5.97 Å². The minimum absolute atomic E-state index is 0.328. The third-order valence-corrected chi connectivity index (χ3v) is 4.03. The zero-order valence-corrected chi connectivity index (χ0v) is 12.6. The summed E-state index contributed by atoms with van der Waals surface area (Å²) in [5.41, 5.74) is 1.82. The maximum Gasteiger partial charge on any atom is 0.307 e. The van der Waals surface area contributed by atoms with Gasteiger partial charge in [-0.1, -0.05) is 11.6 Å². The molecule has 0 radical (unpaired) electrons. The van der Waals surface area contributed by atoms with Crippen LogP contribution in [0.1, 0.15) is 30.1 Å². The molecule has 5 nitrogen and oxygen atoms in total. The van der Waals surface area contributed by atoms with Gasteiger partial charge in [-0.05, 0) is 38.4 Å². The highest BCUT2D eigenvalue weighted by atomic mass is 16.5. The van der Waals surface area contributed by atoms with E-state index in [0.29, 0.717) is 18.8 Å². The Morgan fingerprint density at radius 3 is 2.95 bits per heavy atom. The first-order chi connectivity index (χ1) is 10.0. The summed E-state index contributed by atoms with van der Waals surface area (Å²) in [7, 11) is 1.59. The van der Waals surface area contributed by atoms with Crippen LogP contribution in [0.4, 0.5) is 0 Å². The molecule has 1 fully saturated rings. The van der Waals surface area contributed by atoms with Gasteiger partial charge in [-0.15, -0.1) is 0 Å². The average molecular weight is 293 g/mol. The molecule has 2 atom stereocenters. The van der Waals surface area contributed by atoms with E-state index in [-0.39, 0.29) is 5.92 Å². The van der Waals surface area contributed by atoms with Crippen molar-refractivity contribution in [1.29, 1.82) is 0 Å². The van der Waals surface area contributed by atoms with Crippen LogP contribution in [0.3, 0.4) is 0 Å². The number of β-amino-alcohol motifs (C(OH)–C–C–N with tert-alkyl or cyclic N) is 1. The Morgan fingerprint density at radius 1 is 1.52 bits per heavy atom. The van der Waals surface area contributed by atoms with E-state index in [1.807, 2.05) is 30.0 Å². The number of benzene rings is 1. The van der Waals surface area contributed by atoms with Gasteiger partial charge in [0, 0.05) is 18.7 Å². The average Bonchev–Trinajstić information content (AvgIpc) is 2.47. The Kier molecular flexibility index (Phi) is 5.20. The van der Waals surface area contributed by atoms with Crippen LogP contribution in [0.2, 0.25) is 0 Å². The number of nitrogens with zero attached hydrogens (tertiary/aromatic N) is 1. The first-order valence-electron chi connectivity index (χ1n) is 7.29. The zero-order valence-electron chi connectivity index (χ0n) is 12.6. The number of carboxylic acid groups (broad SMARTS) is 1. The van der Waals surface area contributed by atoms with E-state index < -0.39 is 12.1 Å². The molecule has 0 amide bonds. The number of carbonyl (C=O) groups is 1. The van der Waals surface area contributed by atoms with Crippen molar-refractivity contribution in [2.75, 3.05) is 26.7 Å². The van der Waals surface area contributed by atoms with Crippen molar-refractivity contribution in [2.24, 2.45) is 5.92 Å². The van der Waals surface area contributed by atoms with Crippen LogP contribution in [0.25, 0.3) is 0 Å². The molecule has 2 unspecified atom stereocenters. The van der Waals surface area contributed by atoms with Crippen molar-refractivity contribution < 1.29 is 19.7 Å². The topological polar surface area (TPSA) is 70.0 Å². The predicted molar refractivity (Wildman–Crippen MR) is 79.5 cm³/mol. The van der Waals surface area contributed by atoms with Gasteiger partial charge in [-0.2, -0.15) is 0 Å². The predicted octanol–water partition coefficient (Wildman–Crippen LogP) is 1.83. The van der Waals surface area contributed by atoms with Crippen molar-refractivity contribution in [2.45, 2.75) is 25.9 Å². The maximum absolute atomic E-state index is 11.1. The summed E-state index contributed by atoms with van der Waals surface area (Å²) in [6.07, 6.45) is 0.900. The molecule has 2 rings (SSSR count). The number of carboxylic acids is 1. The van der Waals surface area contributed by atoms with Crippen LogP contribution in [-0.2, 0) is 4.79 Å². The van der Waals surface area contributed by atoms with Gasteiger partial charge < -0.3 is 14.9 Å². The lowest BCUT2D eigenvalue weighted by Gasteiger charge is -2.32. The minimum atomic E-state index is -0.748. The van der Waals surface area contributed by atoms with Gasteiger partial charge in [-0.3, -0.25) is 9.69 Å². The highest BCUT2D eigenvalue weighted by Gasteiger charge is 2.27. The Labute approximate surface area is 125 Å². The number of aliphatic hydroxyl groups is 1. The summed E-state index contributed by atoms with van der Waals surface area (Å²) in [4.78, 5) is 13.1. The standard InChI is InChI=1S/C16H23NO4/c1-11-5-6-15(21-2)13(8-11)14(18)10-17-7-3-4-12(9-17)16(19)20/h5-6,8,12,14,18H,3-4,7,9-10H2,1-2H3,(H,19,20). The number of piperidine rings is 1. The molecule has 1 saturated heterocycles. The highest BCUT2D eigenvalue weighted by molar-refractivity contribution is 5.70. The highest BCUT2D eigenvalue weighted by Crippen LogP contribution is 2.28. The molecule has 5 heteroatoms. The quantitative estimate of drug-likeness (QED) is 0.867. The fraction of sp³-hybridized carbons (Fsp3) is 0.562. The molecule has 21 heavy (non-hydrogen) atoms. The number of aryl methyl sites for hydroxylation is 1. The maximum atomic E-state index is 11.1. The Balaban J connectivity index is 2.05. The van der Waals surface area contributed by atoms with Gasteiger partial charge >= 0.3 is 5.97 Å². The molecule has 0 aliphatic carbocycles. The van der Waals surface area contributed by atoms with E-state index in [1.165, 1.54) is 0 Å². The van der Waals surface area contributed by atoms with Gasteiger partial charge in [0.05, 0.1) is 19.1 Å². The molecule has 2 N–H and O–H groups in total. The lowest BCUT2D eigenvalue weighted by Crippen LogP contribution is -2.40. The SMILES string of the molecule is COc1ccc(C)cc1C(O)CN1CCCC(C(=O)O)C1. The van der Waals surface area contributed by atoms with E-state index in [2.05, 4.69) is 0 Å². The number of aliphatic hydroxyl groups excluding tert-OH is 1. The first kappa shape index (κ1) is 15.8. The summed E-state index contributed by atoms with van der Waals surface area (Å²) < 4.78 is 5.30. The third-order valence-electron chi connectivity index (χ3n) is 4.03. The lowest BCUT2D eigenvalue weighted by molar-refractivity contribution is -0.143. The van der Waals surface area contributed by atoms with E-state index in [1.54, 1.807) is 7.11 Å². The third kappa shape index (κ3) is 3.95. The van der Waals surface area contributed by atoms with Crippen LogP contribution in [0, 0.1) is 12.8 Å². The number of likely N-dealkylation sites (tertiary alicyclic amines) is 1. The second-order valence-corrected chi connectivity index (χ2v) is 5.70. The number of methoxy groups -OCH3 is 1. The zero-order chi connectivity index (χ0) is 15.4. The summed E-state index contributed by atoms with van der Waals surface area (Å²) in [6.45, 7) is 3.73. The van der Waals surface area contributed by atoms with Crippen LogP contribution < -0.4 is 4.74 Å². The van der Waals surface area contributed by atoms with Crippen LogP contribution in [0.15, 0.2) is 18.2 Å². The lowest BCUT2D eigenvalue weighted by atomic mass is 9.97. The number of hydrogen-bond donors (Lipinski definition) is 2. The van der Waals surface area contributed by atoms with Gasteiger partial charge in [0.1, 0.15) is 5.75 Å². The van der Waals surface area contributed by atoms with Crippen molar-refractivity contribution in [3.05, 3.63) is 29.3 Å². The number of ether oxygens (including phenoxy) is 1. The van der Waals surface area contributed by atoms with Crippen molar-refractivity contribution in [1.82, 2.24) is 4.90 Å². The molecule has 0 saturated carbocycles. The molecule has 1 aliphatic rings. The fourth-order valence-electron chi connectivity index (χ4n) is 2.88. The smallest absolute Gasteiger partial charge is 0.307 e. The molecule has 1 aromatic rings. The second-order valence-electron chi connectivity index (χ2n) is 5.70. The Morgan fingerprint density at radius 2 is 2.29 bits per heavy atom. The van der Waals surface area contributed by atoms with Crippen molar-refractivity contribution in [3.63, 3.8) is 0 Å². The molecule has 116 valence electrons. The molecule has 1 aliphatic heterocycles. The van der Waals surface area contributed by atoms with E-state index in [9.17, 15) is 9.90 Å². The fourth-order valence-corrected chi connectivity index (χ4v) is 2.88. The van der Waals surface area contributed by atoms with Crippen LogP contribution >= 0.6 is 0 Å². The van der Waals surface area contributed by atoms with Gasteiger partial charge in [0.2, 0.25) is 0 Å². The summed E-state index contributed by atoms with van der Waals surface area (Å²) in [5.74, 6) is -0.410. The second kappa shape index (κ2) is 6.91. The first-order valence-corrected chi connectivity index (χ1v) is 7.29. The van der Waals surface area contributed by atoms with E-state index in [4.69, 9.17) is 9.84 Å². The summed E-state index contributed by atoms with van der Waals surface area (Å²) >= 11 is 0. The monoisotopic (exact) mass is 293 g/mol. The Bertz CT molecular complexity index is 503. The van der Waals surface area contributed by atoms with Crippen molar-refractivity contribution in [3.8, 4) is 5.75 Å². The molecule has 0 spiro atoms. The largest absolute Gasteiger partial charge is 0.496 e. The Hall–Kier alpha value is -1.59. The van der Waals surface area contributed by atoms with E-state index in [0.717, 1.165) is 30.5 Å². The molecule has 0 bridgehead atoms. The van der Waals surface area contributed by atoms with Gasteiger partial charge in [0.15, 0.2) is 0 Å². The van der Waals surface area contributed by atoms with Gasteiger partial charge in [-0.25, -0.2) is 0 Å². The molecule has 1 aromatic carbocycles. The van der Waals surface area contributed by atoms with Gasteiger partial charge in [0.25, 0.3) is 0 Å². The normalized spacial score (nSPS) is 21.0. The molecular formula is C16H23NO4. The number of rotatable bonds is 5.